The Labute approximate surface area is 89.3 Å². The Balaban J connectivity index is 2.12. The highest BCUT2D eigenvalue weighted by Gasteiger charge is 2.17. The van der Waals surface area contributed by atoms with Crippen molar-refractivity contribution in [2.75, 3.05) is 13.1 Å². The van der Waals surface area contributed by atoms with Crippen molar-refractivity contribution in [2.45, 2.75) is 26.2 Å². The fraction of sp³-hybridized carbons (Fsp3) is 0.545. The molecule has 1 aromatic rings. The van der Waals surface area contributed by atoms with E-state index in [0.29, 0.717) is 6.42 Å². The molecule has 0 saturated carbocycles. The van der Waals surface area contributed by atoms with Crippen molar-refractivity contribution in [2.24, 2.45) is 0 Å². The summed E-state index contributed by atoms with van der Waals surface area (Å²) >= 11 is 0. The monoisotopic (exact) mass is 205 g/mol. The molecule has 1 aromatic heterocycles. The molecule has 0 bridgehead atoms. The number of fused-ring (bicyclic) bond motifs is 1. The van der Waals surface area contributed by atoms with E-state index in [1.807, 2.05) is 18.0 Å². The van der Waals surface area contributed by atoms with E-state index in [-0.39, 0.29) is 5.91 Å². The summed E-state index contributed by atoms with van der Waals surface area (Å²) in [4.78, 5) is 21.7. The molecule has 4 nitrogen and oxygen atoms in total. The quantitative estimate of drug-likeness (QED) is 0.681. The molecule has 2 heterocycles. The number of amides is 1. The van der Waals surface area contributed by atoms with E-state index in [0.717, 1.165) is 31.6 Å². The Morgan fingerprint density at radius 2 is 2.27 bits per heavy atom. The fourth-order valence-electron chi connectivity index (χ4n) is 1.90. The minimum absolute atomic E-state index is 0.232. The lowest BCUT2D eigenvalue weighted by Crippen LogP contribution is -2.32. The highest BCUT2D eigenvalue weighted by atomic mass is 16.2. The minimum atomic E-state index is 0.232. The number of hydrogen-bond donors (Lipinski definition) is 0. The molecule has 0 radical (unpaired) electrons. The molecule has 0 aliphatic carbocycles. The maximum Gasteiger partial charge on any atom is 0.222 e. The Morgan fingerprint density at radius 1 is 1.47 bits per heavy atom. The van der Waals surface area contributed by atoms with Crippen LogP contribution in [0.2, 0.25) is 0 Å². The van der Waals surface area contributed by atoms with Crippen LogP contribution < -0.4 is 0 Å². The van der Waals surface area contributed by atoms with Crippen LogP contribution in [-0.2, 0) is 17.6 Å². The number of nitrogens with zero attached hydrogens (tertiary/aromatic N) is 3. The maximum atomic E-state index is 11.6. The molecule has 15 heavy (non-hydrogen) atoms. The van der Waals surface area contributed by atoms with Gasteiger partial charge in [-0.15, -0.1) is 0 Å². The molecule has 0 spiro atoms. The lowest BCUT2D eigenvalue weighted by Gasteiger charge is -2.18. The van der Waals surface area contributed by atoms with Crippen LogP contribution in [-0.4, -0.2) is 33.9 Å². The largest absolute Gasteiger partial charge is 0.342 e. The number of hydrogen-bond acceptors (Lipinski definition) is 3. The smallest absolute Gasteiger partial charge is 0.222 e. The molecule has 0 N–H and O–H groups in total. The summed E-state index contributed by atoms with van der Waals surface area (Å²) in [5.74, 6) is 0.232. The SMILES string of the molecule is CCC(=O)N1CCc2cncnc2CC1. The van der Waals surface area contributed by atoms with Gasteiger partial charge >= 0.3 is 0 Å². The van der Waals surface area contributed by atoms with Crippen molar-refractivity contribution < 1.29 is 4.79 Å². The van der Waals surface area contributed by atoms with E-state index < -0.39 is 0 Å². The third-order valence-corrected chi connectivity index (χ3v) is 2.81. The van der Waals surface area contributed by atoms with E-state index in [1.165, 1.54) is 5.56 Å². The molecular formula is C11H15N3O. The van der Waals surface area contributed by atoms with E-state index in [9.17, 15) is 4.79 Å². The second-order valence-corrected chi connectivity index (χ2v) is 3.73. The third kappa shape index (κ3) is 2.14. The van der Waals surface area contributed by atoms with Crippen LogP contribution in [0.5, 0.6) is 0 Å². The molecule has 0 atom stereocenters. The average Bonchev–Trinajstić information content (AvgIpc) is 2.50. The molecule has 80 valence electrons. The topological polar surface area (TPSA) is 46.1 Å². The number of rotatable bonds is 1. The summed E-state index contributed by atoms with van der Waals surface area (Å²) < 4.78 is 0. The average molecular weight is 205 g/mol. The van der Waals surface area contributed by atoms with Crippen molar-refractivity contribution in [3.05, 3.63) is 23.8 Å². The van der Waals surface area contributed by atoms with Gasteiger partial charge in [-0.25, -0.2) is 9.97 Å². The first-order chi connectivity index (χ1) is 7.31. The van der Waals surface area contributed by atoms with Crippen molar-refractivity contribution in [1.82, 2.24) is 14.9 Å². The van der Waals surface area contributed by atoms with Crippen LogP contribution in [0.25, 0.3) is 0 Å². The van der Waals surface area contributed by atoms with Crippen LogP contribution in [0.1, 0.15) is 24.6 Å². The highest BCUT2D eigenvalue weighted by Crippen LogP contribution is 2.12. The van der Waals surface area contributed by atoms with Crippen LogP contribution in [0.15, 0.2) is 12.5 Å². The summed E-state index contributed by atoms with van der Waals surface area (Å²) in [6, 6.07) is 0. The van der Waals surface area contributed by atoms with Crippen molar-refractivity contribution >= 4 is 5.91 Å². The molecule has 1 amide bonds. The first kappa shape index (κ1) is 10.1. The predicted molar refractivity (Wildman–Crippen MR) is 56.3 cm³/mol. The standard InChI is InChI=1S/C11H15N3O/c1-2-11(15)14-5-3-9-7-12-8-13-10(9)4-6-14/h7-8H,2-6H2,1H3. The molecule has 0 fully saturated rings. The van der Waals surface area contributed by atoms with Gasteiger partial charge in [0.1, 0.15) is 6.33 Å². The maximum absolute atomic E-state index is 11.6. The summed E-state index contributed by atoms with van der Waals surface area (Å²) in [6.45, 7) is 3.49. The van der Waals surface area contributed by atoms with Gasteiger partial charge in [0, 0.05) is 37.8 Å². The molecule has 2 rings (SSSR count). The highest BCUT2D eigenvalue weighted by molar-refractivity contribution is 5.75. The van der Waals surface area contributed by atoms with Crippen molar-refractivity contribution in [1.29, 1.82) is 0 Å². The molecule has 4 heteroatoms. The summed E-state index contributed by atoms with van der Waals surface area (Å²) in [6.07, 6.45) is 5.76. The van der Waals surface area contributed by atoms with Gasteiger partial charge in [-0.3, -0.25) is 4.79 Å². The molecule has 1 aliphatic rings. The Kier molecular flexibility index (Phi) is 2.94. The Morgan fingerprint density at radius 3 is 3.07 bits per heavy atom. The molecule has 0 unspecified atom stereocenters. The number of carbonyl (C=O) groups excluding carboxylic acids is 1. The molecule has 1 aliphatic heterocycles. The number of aromatic nitrogens is 2. The second kappa shape index (κ2) is 4.38. The minimum Gasteiger partial charge on any atom is -0.342 e. The first-order valence-corrected chi connectivity index (χ1v) is 5.36. The van der Waals surface area contributed by atoms with E-state index in [4.69, 9.17) is 0 Å². The third-order valence-electron chi connectivity index (χ3n) is 2.81. The Bertz CT molecular complexity index is 338. The van der Waals surface area contributed by atoms with E-state index in [1.54, 1.807) is 6.33 Å². The zero-order valence-corrected chi connectivity index (χ0v) is 8.94. The first-order valence-electron chi connectivity index (χ1n) is 5.36. The molecular weight excluding hydrogens is 190 g/mol. The van der Waals surface area contributed by atoms with Gasteiger partial charge < -0.3 is 4.90 Å². The Hall–Kier alpha value is -1.45. The summed E-state index contributed by atoms with van der Waals surface area (Å²) in [5, 5.41) is 0. The van der Waals surface area contributed by atoms with Crippen LogP contribution in [0.3, 0.4) is 0 Å². The summed E-state index contributed by atoms with van der Waals surface area (Å²) in [7, 11) is 0. The van der Waals surface area contributed by atoms with Gasteiger partial charge in [0.2, 0.25) is 5.91 Å². The van der Waals surface area contributed by atoms with Crippen LogP contribution in [0.4, 0.5) is 0 Å². The normalized spacial score (nSPS) is 15.7. The van der Waals surface area contributed by atoms with Gasteiger partial charge in [0.25, 0.3) is 0 Å². The zero-order chi connectivity index (χ0) is 10.7. The van der Waals surface area contributed by atoms with Gasteiger partial charge in [-0.2, -0.15) is 0 Å². The van der Waals surface area contributed by atoms with Gasteiger partial charge in [-0.05, 0) is 12.0 Å². The number of carbonyl (C=O) groups is 1. The lowest BCUT2D eigenvalue weighted by atomic mass is 10.1. The predicted octanol–water partition coefficient (Wildman–Crippen LogP) is 0.814. The molecule has 0 saturated heterocycles. The second-order valence-electron chi connectivity index (χ2n) is 3.73. The van der Waals surface area contributed by atoms with Gasteiger partial charge in [0.15, 0.2) is 0 Å². The van der Waals surface area contributed by atoms with Crippen molar-refractivity contribution in [3.63, 3.8) is 0 Å². The fourth-order valence-corrected chi connectivity index (χ4v) is 1.90. The van der Waals surface area contributed by atoms with Crippen LogP contribution in [0, 0.1) is 0 Å². The molecule has 0 aromatic carbocycles. The van der Waals surface area contributed by atoms with E-state index in [2.05, 4.69) is 9.97 Å². The van der Waals surface area contributed by atoms with Crippen LogP contribution >= 0.6 is 0 Å². The van der Waals surface area contributed by atoms with Crippen molar-refractivity contribution in [3.8, 4) is 0 Å². The zero-order valence-electron chi connectivity index (χ0n) is 8.94. The van der Waals surface area contributed by atoms with Gasteiger partial charge in [-0.1, -0.05) is 6.92 Å². The van der Waals surface area contributed by atoms with Gasteiger partial charge in [0.05, 0.1) is 0 Å². The van der Waals surface area contributed by atoms with E-state index >= 15 is 0 Å². The lowest BCUT2D eigenvalue weighted by molar-refractivity contribution is -0.130. The summed E-state index contributed by atoms with van der Waals surface area (Å²) in [5.41, 5.74) is 2.28.